The number of hydrogen-bond acceptors (Lipinski definition) is 4. The zero-order valence-electron chi connectivity index (χ0n) is 14.9. The number of aromatic nitrogens is 3. The van der Waals surface area contributed by atoms with Crippen LogP contribution in [0.3, 0.4) is 0 Å². The van der Waals surface area contributed by atoms with Crippen LogP contribution >= 0.6 is 11.6 Å². The normalized spacial score (nSPS) is 11.1. The highest BCUT2D eigenvalue weighted by Gasteiger charge is 2.20. The second-order valence-corrected chi connectivity index (χ2v) is 6.62. The second-order valence-electron chi connectivity index (χ2n) is 6.21. The molecule has 0 atom stereocenters. The number of nitrogens with zero attached hydrogens (tertiary/aromatic N) is 3. The van der Waals surface area contributed by atoms with E-state index in [0.29, 0.717) is 34.2 Å². The molecule has 0 unspecified atom stereocenters. The summed E-state index contributed by atoms with van der Waals surface area (Å²) >= 11 is 6.18. The molecule has 6 nitrogen and oxygen atoms in total. The Balaban J connectivity index is 1.75. The Hall–Kier alpha value is -3.12. The first-order valence-corrected chi connectivity index (χ1v) is 8.82. The highest BCUT2D eigenvalue weighted by atomic mass is 35.5. The highest BCUT2D eigenvalue weighted by Crippen LogP contribution is 2.27. The molecule has 3 heterocycles. The van der Waals surface area contributed by atoms with E-state index in [1.807, 2.05) is 31.2 Å². The van der Waals surface area contributed by atoms with Crippen LogP contribution in [0.4, 0.5) is 0 Å². The molecule has 136 valence electrons. The molecule has 0 aliphatic carbocycles. The molecule has 0 spiro atoms. The minimum absolute atomic E-state index is 0.216. The predicted octanol–water partition coefficient (Wildman–Crippen LogP) is 4.12. The summed E-state index contributed by atoms with van der Waals surface area (Å²) in [7, 11) is 1.81. The Kier molecular flexibility index (Phi) is 4.41. The second kappa shape index (κ2) is 6.89. The standard InChI is InChI=1S/C20H17ClN4O2/c1-12-18-14(20(26)22-11-13-6-3-4-7-15(13)21)10-16(17-8-5-9-27-17)23-19(18)25(2)24-12/h3-10H,11H2,1-2H3,(H,22,26). The van der Waals surface area contributed by atoms with Gasteiger partial charge in [0.15, 0.2) is 11.4 Å². The van der Waals surface area contributed by atoms with Gasteiger partial charge in [-0.3, -0.25) is 9.48 Å². The molecule has 1 N–H and O–H groups in total. The number of rotatable bonds is 4. The number of pyridine rings is 1. The molecule has 1 amide bonds. The monoisotopic (exact) mass is 380 g/mol. The van der Waals surface area contributed by atoms with Gasteiger partial charge in [-0.1, -0.05) is 29.8 Å². The van der Waals surface area contributed by atoms with E-state index in [1.165, 1.54) is 0 Å². The van der Waals surface area contributed by atoms with Crippen molar-refractivity contribution in [3.63, 3.8) is 0 Å². The number of benzene rings is 1. The predicted molar refractivity (Wildman–Crippen MR) is 104 cm³/mol. The Bertz CT molecular complexity index is 1130. The number of furan rings is 1. The molecule has 1 aromatic carbocycles. The van der Waals surface area contributed by atoms with Gasteiger partial charge in [0.1, 0.15) is 5.69 Å². The molecule has 4 aromatic rings. The first-order chi connectivity index (χ1) is 13.0. The maximum atomic E-state index is 13.0. The number of carbonyl (C=O) groups is 1. The van der Waals surface area contributed by atoms with Gasteiger partial charge in [-0.15, -0.1) is 0 Å². The van der Waals surface area contributed by atoms with Crippen molar-refractivity contribution in [1.82, 2.24) is 20.1 Å². The molecule has 0 fully saturated rings. The molecule has 0 saturated heterocycles. The number of fused-ring (bicyclic) bond motifs is 1. The van der Waals surface area contributed by atoms with Crippen molar-refractivity contribution in [2.24, 2.45) is 7.05 Å². The van der Waals surface area contributed by atoms with E-state index in [9.17, 15) is 4.79 Å². The quantitative estimate of drug-likeness (QED) is 0.578. The van der Waals surface area contributed by atoms with Crippen LogP contribution in [-0.2, 0) is 13.6 Å². The van der Waals surface area contributed by atoms with Gasteiger partial charge in [-0.2, -0.15) is 5.10 Å². The summed E-state index contributed by atoms with van der Waals surface area (Å²) in [5, 5.41) is 8.69. The van der Waals surface area contributed by atoms with Crippen molar-refractivity contribution in [3.05, 3.63) is 70.6 Å². The van der Waals surface area contributed by atoms with Crippen LogP contribution in [0.25, 0.3) is 22.5 Å². The van der Waals surface area contributed by atoms with E-state index in [-0.39, 0.29) is 5.91 Å². The average molecular weight is 381 g/mol. The largest absolute Gasteiger partial charge is 0.463 e. The van der Waals surface area contributed by atoms with E-state index in [4.69, 9.17) is 16.0 Å². The molecule has 7 heteroatoms. The maximum absolute atomic E-state index is 13.0. The van der Waals surface area contributed by atoms with Crippen LogP contribution in [0.15, 0.2) is 53.1 Å². The van der Waals surface area contributed by atoms with Crippen molar-refractivity contribution >= 4 is 28.5 Å². The summed E-state index contributed by atoms with van der Waals surface area (Å²) in [5.41, 5.74) is 3.31. The lowest BCUT2D eigenvalue weighted by atomic mass is 10.1. The first-order valence-electron chi connectivity index (χ1n) is 8.44. The van der Waals surface area contributed by atoms with Gasteiger partial charge in [-0.05, 0) is 36.8 Å². The summed E-state index contributed by atoms with van der Waals surface area (Å²) in [6.45, 7) is 2.19. The topological polar surface area (TPSA) is 73.0 Å². The van der Waals surface area contributed by atoms with E-state index < -0.39 is 0 Å². The summed E-state index contributed by atoms with van der Waals surface area (Å²) in [6, 6.07) is 12.8. The lowest BCUT2D eigenvalue weighted by molar-refractivity contribution is 0.0952. The fourth-order valence-electron chi connectivity index (χ4n) is 3.09. The summed E-state index contributed by atoms with van der Waals surface area (Å²) in [4.78, 5) is 17.6. The van der Waals surface area contributed by atoms with E-state index in [0.717, 1.165) is 16.6 Å². The van der Waals surface area contributed by atoms with Gasteiger partial charge in [0.25, 0.3) is 5.91 Å². The van der Waals surface area contributed by atoms with Crippen molar-refractivity contribution in [3.8, 4) is 11.5 Å². The Labute approximate surface area is 160 Å². The van der Waals surface area contributed by atoms with Crippen LogP contribution in [-0.4, -0.2) is 20.7 Å². The molecule has 0 aliphatic heterocycles. The number of nitrogens with one attached hydrogen (secondary N) is 1. The number of hydrogen-bond donors (Lipinski definition) is 1. The number of aryl methyl sites for hydroxylation is 2. The smallest absolute Gasteiger partial charge is 0.252 e. The first kappa shape index (κ1) is 17.3. The molecular weight excluding hydrogens is 364 g/mol. The summed E-state index contributed by atoms with van der Waals surface area (Å²) < 4.78 is 7.12. The summed E-state index contributed by atoms with van der Waals surface area (Å²) in [5.74, 6) is 0.377. The fraction of sp³-hybridized carbons (Fsp3) is 0.150. The fourth-order valence-corrected chi connectivity index (χ4v) is 3.29. The molecule has 0 saturated carbocycles. The minimum Gasteiger partial charge on any atom is -0.463 e. The third-order valence-corrected chi connectivity index (χ3v) is 4.75. The zero-order valence-corrected chi connectivity index (χ0v) is 15.6. The molecule has 4 rings (SSSR count). The van der Waals surface area contributed by atoms with Gasteiger partial charge in [0.05, 0.1) is 22.9 Å². The third-order valence-electron chi connectivity index (χ3n) is 4.38. The van der Waals surface area contributed by atoms with Gasteiger partial charge in [-0.25, -0.2) is 4.98 Å². The van der Waals surface area contributed by atoms with Crippen LogP contribution in [0.5, 0.6) is 0 Å². The molecule has 27 heavy (non-hydrogen) atoms. The average Bonchev–Trinajstić information content (AvgIpc) is 3.29. The van der Waals surface area contributed by atoms with Gasteiger partial charge in [0, 0.05) is 18.6 Å². The number of amides is 1. The number of carbonyl (C=O) groups excluding carboxylic acids is 1. The zero-order chi connectivity index (χ0) is 19.0. The van der Waals surface area contributed by atoms with Crippen LogP contribution in [0, 0.1) is 6.92 Å². The van der Waals surface area contributed by atoms with Crippen LogP contribution in [0.2, 0.25) is 5.02 Å². The number of halogens is 1. The minimum atomic E-state index is -0.216. The van der Waals surface area contributed by atoms with Crippen molar-refractivity contribution in [1.29, 1.82) is 0 Å². The lowest BCUT2D eigenvalue weighted by Gasteiger charge is -2.09. The SMILES string of the molecule is Cc1nn(C)c2nc(-c3ccco3)cc(C(=O)NCc3ccccc3Cl)c12. The molecule has 0 radical (unpaired) electrons. The van der Waals surface area contributed by atoms with Gasteiger partial charge >= 0.3 is 0 Å². The Morgan fingerprint density at radius 1 is 1.26 bits per heavy atom. The lowest BCUT2D eigenvalue weighted by Crippen LogP contribution is -2.23. The Morgan fingerprint density at radius 3 is 2.81 bits per heavy atom. The third kappa shape index (κ3) is 3.19. The molecule has 0 aliphatic rings. The summed E-state index contributed by atoms with van der Waals surface area (Å²) in [6.07, 6.45) is 1.58. The van der Waals surface area contributed by atoms with E-state index in [1.54, 1.807) is 36.2 Å². The van der Waals surface area contributed by atoms with E-state index >= 15 is 0 Å². The molecule has 3 aromatic heterocycles. The van der Waals surface area contributed by atoms with Crippen LogP contribution < -0.4 is 5.32 Å². The van der Waals surface area contributed by atoms with Gasteiger partial charge in [0.2, 0.25) is 0 Å². The maximum Gasteiger partial charge on any atom is 0.252 e. The Morgan fingerprint density at radius 2 is 2.07 bits per heavy atom. The van der Waals surface area contributed by atoms with Crippen LogP contribution in [0.1, 0.15) is 21.6 Å². The molecular formula is C20H17ClN4O2. The van der Waals surface area contributed by atoms with Crippen molar-refractivity contribution in [2.75, 3.05) is 0 Å². The van der Waals surface area contributed by atoms with Gasteiger partial charge < -0.3 is 9.73 Å². The highest BCUT2D eigenvalue weighted by molar-refractivity contribution is 6.31. The molecule has 0 bridgehead atoms. The van der Waals surface area contributed by atoms with Crippen molar-refractivity contribution in [2.45, 2.75) is 13.5 Å². The van der Waals surface area contributed by atoms with E-state index in [2.05, 4.69) is 15.4 Å². The van der Waals surface area contributed by atoms with Crippen molar-refractivity contribution < 1.29 is 9.21 Å².